The Morgan fingerprint density at radius 3 is 2.47 bits per heavy atom. The quantitative estimate of drug-likeness (QED) is 0.507. The van der Waals surface area contributed by atoms with Crippen molar-refractivity contribution in [2.75, 3.05) is 23.3 Å². The van der Waals surface area contributed by atoms with Gasteiger partial charge in [-0.25, -0.2) is 15.0 Å². The molecule has 0 spiro atoms. The smallest absolute Gasteiger partial charge is 0.417 e. The van der Waals surface area contributed by atoms with Gasteiger partial charge in [-0.05, 0) is 55.7 Å². The van der Waals surface area contributed by atoms with Crippen molar-refractivity contribution in [3.8, 4) is 11.8 Å². The van der Waals surface area contributed by atoms with Crippen molar-refractivity contribution in [2.45, 2.75) is 25.9 Å². The summed E-state index contributed by atoms with van der Waals surface area (Å²) >= 11 is 6.05. The minimum Gasteiger partial charge on any atom is -0.424 e. The Hall–Kier alpha value is -3.40. The first-order valence-electron chi connectivity index (χ1n) is 10.5. The summed E-state index contributed by atoms with van der Waals surface area (Å²) in [7, 11) is 0. The molecule has 1 saturated heterocycles. The van der Waals surface area contributed by atoms with Crippen molar-refractivity contribution < 1.29 is 22.7 Å². The zero-order chi connectivity index (χ0) is 24.3. The third-order valence-electron chi connectivity index (χ3n) is 5.52. The summed E-state index contributed by atoms with van der Waals surface area (Å²) in [5.41, 5.74) is 0.597. The summed E-state index contributed by atoms with van der Waals surface area (Å²) < 4.78 is 44.1. The zero-order valence-electron chi connectivity index (χ0n) is 18.1. The van der Waals surface area contributed by atoms with E-state index in [4.69, 9.17) is 16.3 Å². The third-order valence-corrected chi connectivity index (χ3v) is 5.80. The number of alkyl halides is 3. The second kappa shape index (κ2) is 9.84. The van der Waals surface area contributed by atoms with Crippen molar-refractivity contribution in [1.82, 2.24) is 15.0 Å². The monoisotopic (exact) mass is 491 g/mol. The maximum Gasteiger partial charge on any atom is 0.417 e. The number of aryl methyl sites for hydroxylation is 1. The molecule has 0 radical (unpaired) electrons. The number of benzene rings is 1. The van der Waals surface area contributed by atoms with Crippen LogP contribution in [0.5, 0.6) is 11.8 Å². The standard InChI is InChI=1S/C23H21ClF3N5O2/c1-14-11-17(34-22-28-7-2-8-29-22)3-4-19(14)31-21(33)15-5-9-32(10-6-15)20-18(24)12-16(13-30-20)23(25,26)27/h2-4,7-8,11-13,15H,5-6,9-10H2,1H3,(H,31,33). The third kappa shape index (κ3) is 5.56. The average Bonchev–Trinajstić information content (AvgIpc) is 2.81. The molecule has 1 amide bonds. The van der Waals surface area contributed by atoms with Gasteiger partial charge in [0.25, 0.3) is 0 Å². The van der Waals surface area contributed by atoms with Gasteiger partial charge in [-0.3, -0.25) is 4.79 Å². The molecule has 34 heavy (non-hydrogen) atoms. The summed E-state index contributed by atoms with van der Waals surface area (Å²) in [5, 5.41) is 2.89. The second-order valence-corrected chi connectivity index (χ2v) is 8.30. The summed E-state index contributed by atoms with van der Waals surface area (Å²) in [6.45, 7) is 2.77. The number of nitrogens with one attached hydrogen (secondary N) is 1. The van der Waals surface area contributed by atoms with Crippen LogP contribution in [0.3, 0.4) is 0 Å². The molecule has 178 valence electrons. The van der Waals surface area contributed by atoms with Gasteiger partial charge >= 0.3 is 12.2 Å². The highest BCUT2D eigenvalue weighted by Crippen LogP contribution is 2.35. The van der Waals surface area contributed by atoms with Crippen molar-refractivity contribution in [3.63, 3.8) is 0 Å². The fraction of sp³-hybridized carbons (Fsp3) is 0.304. The highest BCUT2D eigenvalue weighted by atomic mass is 35.5. The van der Waals surface area contributed by atoms with E-state index in [1.807, 2.05) is 6.92 Å². The Morgan fingerprint density at radius 2 is 1.85 bits per heavy atom. The zero-order valence-corrected chi connectivity index (χ0v) is 18.9. The normalized spacial score (nSPS) is 14.7. The fourth-order valence-electron chi connectivity index (χ4n) is 3.69. The molecule has 4 rings (SSSR count). The number of nitrogens with zero attached hydrogens (tertiary/aromatic N) is 4. The van der Waals surface area contributed by atoms with Crippen LogP contribution < -0.4 is 15.0 Å². The SMILES string of the molecule is Cc1cc(Oc2ncccn2)ccc1NC(=O)C1CCN(c2ncc(C(F)(F)F)cc2Cl)CC1. The number of hydrogen-bond donors (Lipinski definition) is 1. The first-order chi connectivity index (χ1) is 16.2. The molecule has 1 N–H and O–H groups in total. The second-order valence-electron chi connectivity index (χ2n) is 7.89. The largest absolute Gasteiger partial charge is 0.424 e. The molecule has 0 atom stereocenters. The number of ether oxygens (including phenoxy) is 1. The summed E-state index contributed by atoms with van der Waals surface area (Å²) in [6.07, 6.45) is 0.484. The van der Waals surface area contributed by atoms with E-state index in [1.165, 1.54) is 0 Å². The van der Waals surface area contributed by atoms with Crippen LogP contribution >= 0.6 is 11.6 Å². The highest BCUT2D eigenvalue weighted by molar-refractivity contribution is 6.33. The van der Waals surface area contributed by atoms with Gasteiger partial charge in [0.2, 0.25) is 5.91 Å². The van der Waals surface area contributed by atoms with Gasteiger partial charge in [-0.1, -0.05) is 11.6 Å². The summed E-state index contributed by atoms with van der Waals surface area (Å²) in [4.78, 5) is 26.6. The Morgan fingerprint density at radius 1 is 1.15 bits per heavy atom. The number of piperidine rings is 1. The van der Waals surface area contributed by atoms with E-state index in [-0.39, 0.29) is 22.9 Å². The molecule has 0 bridgehead atoms. The van der Waals surface area contributed by atoms with Crippen molar-refractivity contribution in [1.29, 1.82) is 0 Å². The number of aromatic nitrogens is 3. The van der Waals surface area contributed by atoms with Crippen LogP contribution in [0.15, 0.2) is 48.9 Å². The van der Waals surface area contributed by atoms with E-state index >= 15 is 0 Å². The lowest BCUT2D eigenvalue weighted by Gasteiger charge is -2.32. The molecule has 0 unspecified atom stereocenters. The van der Waals surface area contributed by atoms with E-state index in [9.17, 15) is 18.0 Å². The predicted molar refractivity (Wildman–Crippen MR) is 121 cm³/mol. The predicted octanol–water partition coefficient (Wildman–Crippen LogP) is 5.50. The first kappa shape index (κ1) is 23.7. The van der Waals surface area contributed by atoms with Crippen LogP contribution in [-0.2, 0) is 11.0 Å². The van der Waals surface area contributed by atoms with Gasteiger partial charge in [0.15, 0.2) is 0 Å². The average molecular weight is 492 g/mol. The molecule has 0 saturated carbocycles. The minimum atomic E-state index is -4.50. The van der Waals surface area contributed by atoms with E-state index in [0.29, 0.717) is 43.2 Å². The van der Waals surface area contributed by atoms with Gasteiger partial charge in [-0.2, -0.15) is 13.2 Å². The van der Waals surface area contributed by atoms with E-state index in [2.05, 4.69) is 20.3 Å². The maximum atomic E-state index is 12.8. The number of pyridine rings is 1. The van der Waals surface area contributed by atoms with Crippen LogP contribution in [0.4, 0.5) is 24.7 Å². The Balaban J connectivity index is 1.34. The van der Waals surface area contributed by atoms with Crippen molar-refractivity contribution >= 4 is 29.0 Å². The maximum absolute atomic E-state index is 12.8. The molecule has 1 aliphatic rings. The Kier molecular flexibility index (Phi) is 6.87. The molecule has 2 aromatic heterocycles. The molecule has 7 nitrogen and oxygen atoms in total. The Bertz CT molecular complexity index is 1170. The molecule has 11 heteroatoms. The molecule has 1 aromatic carbocycles. The highest BCUT2D eigenvalue weighted by Gasteiger charge is 2.33. The van der Waals surface area contributed by atoms with Gasteiger partial charge in [-0.15, -0.1) is 0 Å². The van der Waals surface area contributed by atoms with Gasteiger partial charge in [0.05, 0.1) is 10.6 Å². The molecule has 1 aliphatic heterocycles. The fourth-order valence-corrected chi connectivity index (χ4v) is 3.98. The number of carbonyl (C=O) groups is 1. The number of amides is 1. The molecule has 0 aliphatic carbocycles. The van der Waals surface area contributed by atoms with E-state index < -0.39 is 11.7 Å². The number of halogens is 4. The number of hydrogen-bond acceptors (Lipinski definition) is 6. The van der Waals surface area contributed by atoms with Gasteiger partial charge in [0.1, 0.15) is 11.6 Å². The van der Waals surface area contributed by atoms with Gasteiger partial charge in [0, 0.05) is 43.3 Å². The lowest BCUT2D eigenvalue weighted by atomic mass is 9.95. The topological polar surface area (TPSA) is 80.2 Å². The van der Waals surface area contributed by atoms with Crippen molar-refractivity contribution in [3.05, 3.63) is 65.1 Å². The van der Waals surface area contributed by atoms with Crippen LogP contribution in [0.1, 0.15) is 24.0 Å². The van der Waals surface area contributed by atoms with Gasteiger partial charge < -0.3 is 15.0 Å². The summed E-state index contributed by atoms with van der Waals surface area (Å²) in [5.74, 6) is 0.491. The molecule has 1 fully saturated rings. The lowest BCUT2D eigenvalue weighted by molar-refractivity contribution is -0.137. The van der Waals surface area contributed by atoms with Crippen LogP contribution in [0.2, 0.25) is 5.02 Å². The first-order valence-corrected chi connectivity index (χ1v) is 10.9. The molecule has 3 heterocycles. The molecule has 3 aromatic rings. The molecular weight excluding hydrogens is 471 g/mol. The Labute approximate surface area is 199 Å². The van der Waals surface area contributed by atoms with Crippen LogP contribution in [0, 0.1) is 12.8 Å². The van der Waals surface area contributed by atoms with Crippen LogP contribution in [-0.4, -0.2) is 33.9 Å². The molecular formula is C23H21ClF3N5O2. The number of anilines is 2. The summed E-state index contributed by atoms with van der Waals surface area (Å²) in [6, 6.07) is 8.06. The van der Waals surface area contributed by atoms with Crippen molar-refractivity contribution in [2.24, 2.45) is 5.92 Å². The number of carbonyl (C=O) groups excluding carboxylic acids is 1. The van der Waals surface area contributed by atoms with Crippen LogP contribution in [0.25, 0.3) is 0 Å². The van der Waals surface area contributed by atoms with E-state index in [0.717, 1.165) is 17.8 Å². The minimum absolute atomic E-state index is 0.0587. The van der Waals surface area contributed by atoms with E-state index in [1.54, 1.807) is 41.6 Å². The number of rotatable bonds is 5. The lowest BCUT2D eigenvalue weighted by Crippen LogP contribution is -2.38.